The van der Waals surface area contributed by atoms with E-state index in [1.807, 2.05) is 0 Å². The van der Waals surface area contributed by atoms with Crippen LogP contribution in [0.25, 0.3) is 0 Å². The molecule has 5 aliphatic rings. The Morgan fingerprint density at radius 2 is 1.78 bits per heavy atom. The first-order valence-corrected chi connectivity index (χ1v) is 23.1. The number of imidazole rings is 1. The van der Waals surface area contributed by atoms with Gasteiger partial charge < -0.3 is 30.4 Å². The van der Waals surface area contributed by atoms with E-state index >= 15 is 0 Å². The molecule has 4 N–H and O–H groups in total. The van der Waals surface area contributed by atoms with Gasteiger partial charge in [0.15, 0.2) is 0 Å². The maximum atomic E-state index is 13.2. The van der Waals surface area contributed by atoms with E-state index in [9.17, 15) is 19.2 Å². The number of nitrogens with zero attached hydrogens (tertiary/aromatic N) is 2. The molecule has 4 amide bonds. The van der Waals surface area contributed by atoms with Gasteiger partial charge in [-0.1, -0.05) is 65.5 Å². The first kappa shape index (κ1) is 45.0. The predicted octanol–water partition coefficient (Wildman–Crippen LogP) is 8.48. The molecule has 12 heteroatoms. The van der Waals surface area contributed by atoms with Crippen LogP contribution < -0.4 is 16.0 Å². The fourth-order valence-corrected chi connectivity index (χ4v) is 12.3. The summed E-state index contributed by atoms with van der Waals surface area (Å²) < 4.78 is 11.6. The molecule has 330 valence electrons. The summed E-state index contributed by atoms with van der Waals surface area (Å²) >= 11 is 0. The number of alkyl carbamates (subject to hydrolysis) is 1. The van der Waals surface area contributed by atoms with E-state index in [0.717, 1.165) is 60.5 Å². The zero-order valence-corrected chi connectivity index (χ0v) is 37.5. The van der Waals surface area contributed by atoms with Crippen LogP contribution in [0.3, 0.4) is 0 Å². The number of carbonyl (C=O) groups excluding carboxylic acids is 4. The molecule has 4 fully saturated rings. The molecular weight excluding hydrogens is 745 g/mol. The van der Waals surface area contributed by atoms with Crippen LogP contribution in [0, 0.1) is 46.3 Å². The topological polar surface area (TPSA) is 155 Å². The van der Waals surface area contributed by atoms with Crippen LogP contribution in [0.2, 0.25) is 0 Å². The molecule has 0 spiro atoms. The minimum absolute atomic E-state index is 0.128. The van der Waals surface area contributed by atoms with Crippen LogP contribution in [-0.4, -0.2) is 82.3 Å². The van der Waals surface area contributed by atoms with Gasteiger partial charge in [-0.2, -0.15) is 0 Å². The molecule has 0 bridgehead atoms. The minimum atomic E-state index is -0.770. The normalized spacial score (nSPS) is 32.0. The highest BCUT2D eigenvalue weighted by molar-refractivity contribution is 5.87. The molecule has 1 aromatic rings. The number of hydrogen-bond donors (Lipinski definition) is 4. The Morgan fingerprint density at radius 3 is 2.51 bits per heavy atom. The molecule has 59 heavy (non-hydrogen) atoms. The third kappa shape index (κ3) is 10.9. The average molecular weight is 821 g/mol. The number of amides is 4. The van der Waals surface area contributed by atoms with Crippen molar-refractivity contribution < 1.29 is 28.7 Å². The van der Waals surface area contributed by atoms with Crippen molar-refractivity contribution in [2.75, 3.05) is 19.6 Å². The van der Waals surface area contributed by atoms with E-state index in [-0.39, 0.29) is 42.7 Å². The highest BCUT2D eigenvalue weighted by atomic mass is 16.6. The first-order valence-electron chi connectivity index (χ1n) is 23.1. The van der Waals surface area contributed by atoms with Crippen molar-refractivity contribution in [3.8, 4) is 0 Å². The Labute approximate surface area is 353 Å². The van der Waals surface area contributed by atoms with Crippen LogP contribution in [-0.2, 0) is 25.5 Å². The lowest BCUT2D eigenvalue weighted by molar-refractivity contribution is -0.125. The monoisotopic (exact) mass is 821 g/mol. The zero-order valence-electron chi connectivity index (χ0n) is 37.5. The Morgan fingerprint density at radius 1 is 0.983 bits per heavy atom. The summed E-state index contributed by atoms with van der Waals surface area (Å²) in [5.41, 5.74) is 2.34. The van der Waals surface area contributed by atoms with Crippen molar-refractivity contribution in [1.29, 1.82) is 0 Å². The van der Waals surface area contributed by atoms with Crippen LogP contribution in [0.4, 0.5) is 9.59 Å². The molecule has 1 aromatic heterocycles. The fraction of sp³-hybridized carbons (Fsp3) is 0.809. The molecule has 6 rings (SSSR count). The second-order valence-corrected chi connectivity index (χ2v) is 20.9. The fourth-order valence-electron chi connectivity index (χ4n) is 12.3. The smallest absolute Gasteiger partial charge is 0.411 e. The van der Waals surface area contributed by atoms with Crippen molar-refractivity contribution in [3.05, 3.63) is 29.9 Å². The SMILES string of the molecule is CC(C)CCC[C@@H](C)[C@H]1CCC2C3CC=C4CC(OC(=O)NCCCC(=O)N[C@H]5C[C@@H](C(=O)NCCc6cnc[nH]6)N(C(=O)OC(C)(C)C)C5)CC[C@]4(C)C3CC[C@@]21C. The van der Waals surface area contributed by atoms with Gasteiger partial charge in [0.1, 0.15) is 17.7 Å². The lowest BCUT2D eigenvalue weighted by Crippen LogP contribution is -2.51. The predicted molar refractivity (Wildman–Crippen MR) is 229 cm³/mol. The van der Waals surface area contributed by atoms with Gasteiger partial charge >= 0.3 is 12.2 Å². The number of hydrogen-bond acceptors (Lipinski definition) is 7. The van der Waals surface area contributed by atoms with Gasteiger partial charge in [-0.05, 0) is 125 Å². The summed E-state index contributed by atoms with van der Waals surface area (Å²) in [4.78, 5) is 60.6. The number of nitrogens with one attached hydrogen (secondary N) is 4. The summed E-state index contributed by atoms with van der Waals surface area (Å²) in [7, 11) is 0. The molecule has 0 aromatic carbocycles. The van der Waals surface area contributed by atoms with Crippen LogP contribution in [0.5, 0.6) is 0 Å². The molecular formula is C47H76N6O6. The number of fused-ring (bicyclic) bond motifs is 5. The van der Waals surface area contributed by atoms with Crippen molar-refractivity contribution in [1.82, 2.24) is 30.8 Å². The Hall–Kier alpha value is -3.57. The first-order chi connectivity index (χ1) is 28.0. The number of aromatic nitrogens is 2. The molecule has 4 unspecified atom stereocenters. The van der Waals surface area contributed by atoms with Gasteiger partial charge in [0.2, 0.25) is 11.8 Å². The number of ether oxygens (including phenoxy) is 2. The van der Waals surface area contributed by atoms with Crippen molar-refractivity contribution in [2.24, 2.45) is 46.3 Å². The van der Waals surface area contributed by atoms with Crippen molar-refractivity contribution in [3.63, 3.8) is 0 Å². The molecule has 12 nitrogen and oxygen atoms in total. The van der Waals surface area contributed by atoms with E-state index in [0.29, 0.717) is 31.3 Å². The summed E-state index contributed by atoms with van der Waals surface area (Å²) in [5.74, 6) is 4.30. The van der Waals surface area contributed by atoms with E-state index < -0.39 is 29.9 Å². The highest BCUT2D eigenvalue weighted by Crippen LogP contribution is 2.67. The van der Waals surface area contributed by atoms with Crippen LogP contribution in [0.1, 0.15) is 151 Å². The zero-order chi connectivity index (χ0) is 42.5. The van der Waals surface area contributed by atoms with Crippen LogP contribution >= 0.6 is 0 Å². The number of allylic oxidation sites excluding steroid dienone is 1. The maximum absolute atomic E-state index is 13.2. The van der Waals surface area contributed by atoms with Gasteiger partial charge in [0, 0.05) is 56.8 Å². The molecule has 1 aliphatic heterocycles. The molecule has 0 radical (unpaired) electrons. The summed E-state index contributed by atoms with van der Waals surface area (Å²) in [6.07, 6.45) is 19.7. The lowest BCUT2D eigenvalue weighted by Gasteiger charge is -2.58. The van der Waals surface area contributed by atoms with Crippen LogP contribution in [0.15, 0.2) is 24.2 Å². The van der Waals surface area contributed by atoms with Gasteiger partial charge in [0.05, 0.1) is 6.33 Å². The lowest BCUT2D eigenvalue weighted by atomic mass is 9.47. The standard InChI is InChI=1S/C47H76N6O6/c1-30(2)11-9-12-31(3)37-16-17-38-36-15-14-32-25-35(18-21-46(32,7)39(36)19-22-47(37,38)8)58-43(56)50-23-10-13-41(54)52-34-26-40(53(28-34)44(57)59-45(4,5)6)42(55)49-24-20-33-27-48-29-51-33/h14,27,29-31,34-40H,9-13,15-26,28H2,1-8H3,(H,48,51)(H,49,55)(H,50,56)(H,52,54)/t31-,34+,35?,36?,37-,38?,39?,40+,46+,47-/m1/s1. The number of aromatic amines is 1. The molecule has 3 saturated carbocycles. The molecule has 2 heterocycles. The second kappa shape index (κ2) is 19.0. The molecule has 4 aliphatic carbocycles. The van der Waals surface area contributed by atoms with Gasteiger partial charge in [-0.3, -0.25) is 14.5 Å². The van der Waals surface area contributed by atoms with Gasteiger partial charge in [-0.25, -0.2) is 14.6 Å². The summed E-state index contributed by atoms with van der Waals surface area (Å²) in [6.45, 7) is 18.6. The van der Waals surface area contributed by atoms with Gasteiger partial charge in [0.25, 0.3) is 0 Å². The molecule has 10 atom stereocenters. The average Bonchev–Trinajstić information content (AvgIpc) is 3.92. The summed E-state index contributed by atoms with van der Waals surface area (Å²) in [5, 5.41) is 8.77. The maximum Gasteiger partial charge on any atom is 0.411 e. The van der Waals surface area contributed by atoms with E-state index in [1.165, 1.54) is 61.8 Å². The van der Waals surface area contributed by atoms with Crippen molar-refractivity contribution in [2.45, 2.75) is 175 Å². The third-order valence-corrected chi connectivity index (χ3v) is 15.2. The Balaban J connectivity index is 0.922. The largest absolute Gasteiger partial charge is 0.446 e. The third-order valence-electron chi connectivity index (χ3n) is 15.2. The van der Waals surface area contributed by atoms with E-state index in [4.69, 9.17) is 9.47 Å². The van der Waals surface area contributed by atoms with Crippen molar-refractivity contribution >= 4 is 24.0 Å². The minimum Gasteiger partial charge on any atom is -0.446 e. The number of rotatable bonds is 15. The number of H-pyrrole nitrogens is 1. The van der Waals surface area contributed by atoms with E-state index in [2.05, 4.69) is 66.6 Å². The van der Waals surface area contributed by atoms with E-state index in [1.54, 1.807) is 33.3 Å². The quantitative estimate of drug-likeness (QED) is 0.102. The Kier molecular flexibility index (Phi) is 14.5. The Bertz CT molecular complexity index is 1640. The number of likely N-dealkylation sites (tertiary alicyclic amines) is 1. The summed E-state index contributed by atoms with van der Waals surface area (Å²) in [6, 6.07) is -1.17. The molecule has 1 saturated heterocycles. The highest BCUT2D eigenvalue weighted by Gasteiger charge is 2.59. The number of carbonyl (C=O) groups is 4. The second-order valence-electron chi connectivity index (χ2n) is 20.9. The van der Waals surface area contributed by atoms with Gasteiger partial charge in [-0.15, -0.1) is 0 Å².